The number of hydrogen-bond acceptors (Lipinski definition) is 2. The molecule has 104 valence electrons. The fourth-order valence-corrected chi connectivity index (χ4v) is 3.60. The first-order chi connectivity index (χ1) is 9.13. The summed E-state index contributed by atoms with van der Waals surface area (Å²) in [6.07, 6.45) is 6.62. The zero-order valence-corrected chi connectivity index (χ0v) is 12.1. The van der Waals surface area contributed by atoms with Crippen molar-refractivity contribution in [3.8, 4) is 5.75 Å². The molecule has 2 unspecified atom stereocenters. The highest BCUT2D eigenvalue weighted by Crippen LogP contribution is 2.40. The lowest BCUT2D eigenvalue weighted by atomic mass is 9.77. The predicted molar refractivity (Wildman–Crippen MR) is 78.3 cm³/mol. The minimum Gasteiger partial charge on any atom is -0.490 e. The van der Waals surface area contributed by atoms with Crippen LogP contribution in [-0.2, 0) is 0 Å². The van der Waals surface area contributed by atoms with Crippen LogP contribution in [0.1, 0.15) is 56.2 Å². The van der Waals surface area contributed by atoms with Gasteiger partial charge in [-0.3, -0.25) is 0 Å². The fraction of sp³-hybridized carbons (Fsp3) is 0.647. The van der Waals surface area contributed by atoms with Crippen LogP contribution >= 0.6 is 0 Å². The lowest BCUT2D eigenvalue weighted by molar-refractivity contribution is 0.0703. The van der Waals surface area contributed by atoms with E-state index < -0.39 is 0 Å². The monoisotopic (exact) mass is 259 g/mol. The Morgan fingerprint density at radius 1 is 1.16 bits per heavy atom. The van der Waals surface area contributed by atoms with Crippen molar-refractivity contribution >= 4 is 0 Å². The Kier molecular flexibility index (Phi) is 3.53. The van der Waals surface area contributed by atoms with Gasteiger partial charge >= 0.3 is 0 Å². The van der Waals surface area contributed by atoms with E-state index in [1.807, 2.05) is 0 Å². The van der Waals surface area contributed by atoms with E-state index in [1.165, 1.54) is 36.8 Å². The predicted octanol–water partition coefficient (Wildman–Crippen LogP) is 3.97. The topological polar surface area (TPSA) is 35.2 Å². The molecule has 2 atom stereocenters. The third-order valence-electron chi connectivity index (χ3n) is 4.92. The van der Waals surface area contributed by atoms with Crippen LogP contribution in [-0.4, -0.2) is 6.10 Å². The molecule has 3 rings (SSSR count). The van der Waals surface area contributed by atoms with Crippen molar-refractivity contribution in [1.82, 2.24) is 0 Å². The quantitative estimate of drug-likeness (QED) is 0.828. The number of rotatable bonds is 1. The van der Waals surface area contributed by atoms with Crippen molar-refractivity contribution in [2.45, 2.75) is 58.1 Å². The van der Waals surface area contributed by atoms with E-state index in [0.29, 0.717) is 12.0 Å². The van der Waals surface area contributed by atoms with Gasteiger partial charge in [0.25, 0.3) is 0 Å². The fourth-order valence-electron chi connectivity index (χ4n) is 3.60. The molecule has 2 N–H and O–H groups in total. The van der Waals surface area contributed by atoms with E-state index in [-0.39, 0.29) is 6.04 Å². The lowest BCUT2D eigenvalue weighted by Gasteiger charge is -2.38. The van der Waals surface area contributed by atoms with Gasteiger partial charge in [0.15, 0.2) is 0 Å². The van der Waals surface area contributed by atoms with E-state index >= 15 is 0 Å². The van der Waals surface area contributed by atoms with E-state index in [9.17, 15) is 0 Å². The van der Waals surface area contributed by atoms with Gasteiger partial charge in [-0.1, -0.05) is 37.5 Å². The molecule has 0 bridgehead atoms. The van der Waals surface area contributed by atoms with Crippen LogP contribution in [0.2, 0.25) is 0 Å². The van der Waals surface area contributed by atoms with E-state index in [2.05, 4.69) is 32.0 Å². The average molecular weight is 259 g/mol. The maximum atomic E-state index is 6.36. The summed E-state index contributed by atoms with van der Waals surface area (Å²) in [5.74, 6) is 2.62. The Balaban J connectivity index is 1.75. The van der Waals surface area contributed by atoms with Gasteiger partial charge in [-0.25, -0.2) is 0 Å². The first kappa shape index (κ1) is 13.0. The second-order valence-corrected chi connectivity index (χ2v) is 6.56. The van der Waals surface area contributed by atoms with Gasteiger partial charge in [-0.05, 0) is 37.7 Å². The average Bonchev–Trinajstić information content (AvgIpc) is 2.40. The van der Waals surface area contributed by atoms with Crippen molar-refractivity contribution in [1.29, 1.82) is 0 Å². The lowest BCUT2D eigenvalue weighted by Crippen LogP contribution is -2.36. The number of nitrogens with two attached hydrogens (primary N) is 1. The SMILES string of the molecule is Cc1ccc2c(c1)C(N)CC(C1CCC(C)CC1)O2. The summed E-state index contributed by atoms with van der Waals surface area (Å²) in [5, 5.41) is 0. The summed E-state index contributed by atoms with van der Waals surface area (Å²) >= 11 is 0. The first-order valence-electron chi connectivity index (χ1n) is 7.66. The van der Waals surface area contributed by atoms with Gasteiger partial charge in [-0.2, -0.15) is 0 Å². The summed E-state index contributed by atoms with van der Waals surface area (Å²) in [4.78, 5) is 0. The van der Waals surface area contributed by atoms with Crippen LogP contribution < -0.4 is 10.5 Å². The summed E-state index contributed by atoms with van der Waals surface area (Å²) in [7, 11) is 0. The molecule has 0 saturated heterocycles. The molecule has 2 heteroatoms. The Labute approximate surface area is 116 Å². The van der Waals surface area contributed by atoms with Crippen molar-refractivity contribution < 1.29 is 4.74 Å². The molecule has 19 heavy (non-hydrogen) atoms. The molecule has 2 nitrogen and oxygen atoms in total. The molecule has 0 aromatic heterocycles. The molecule has 1 aromatic carbocycles. The van der Waals surface area contributed by atoms with Gasteiger partial charge in [0.2, 0.25) is 0 Å². The third kappa shape index (κ3) is 2.64. The van der Waals surface area contributed by atoms with Crippen LogP contribution in [0, 0.1) is 18.8 Å². The first-order valence-corrected chi connectivity index (χ1v) is 7.66. The van der Waals surface area contributed by atoms with Gasteiger partial charge in [-0.15, -0.1) is 0 Å². The third-order valence-corrected chi connectivity index (χ3v) is 4.92. The molecule has 1 aliphatic carbocycles. The van der Waals surface area contributed by atoms with Crippen molar-refractivity contribution in [2.24, 2.45) is 17.6 Å². The number of hydrogen-bond donors (Lipinski definition) is 1. The maximum absolute atomic E-state index is 6.36. The zero-order chi connectivity index (χ0) is 13.4. The number of aryl methyl sites for hydroxylation is 1. The minimum atomic E-state index is 0.146. The Bertz CT molecular complexity index is 449. The Morgan fingerprint density at radius 2 is 1.89 bits per heavy atom. The van der Waals surface area contributed by atoms with E-state index in [4.69, 9.17) is 10.5 Å². The Hall–Kier alpha value is -1.02. The summed E-state index contributed by atoms with van der Waals surface area (Å²) in [6, 6.07) is 6.55. The molecule has 1 aliphatic heterocycles. The molecule has 1 saturated carbocycles. The molecule has 0 spiro atoms. The van der Waals surface area contributed by atoms with Crippen molar-refractivity contribution in [3.63, 3.8) is 0 Å². The summed E-state index contributed by atoms with van der Waals surface area (Å²) < 4.78 is 6.25. The normalized spacial score (nSPS) is 34.5. The van der Waals surface area contributed by atoms with Crippen molar-refractivity contribution in [3.05, 3.63) is 29.3 Å². The molecule has 0 amide bonds. The van der Waals surface area contributed by atoms with Gasteiger partial charge < -0.3 is 10.5 Å². The number of ether oxygens (including phenoxy) is 1. The zero-order valence-electron chi connectivity index (χ0n) is 12.1. The van der Waals surface area contributed by atoms with Gasteiger partial charge in [0.05, 0.1) is 0 Å². The molecule has 0 radical (unpaired) electrons. The van der Waals surface area contributed by atoms with Crippen LogP contribution in [0.3, 0.4) is 0 Å². The summed E-state index contributed by atoms with van der Waals surface area (Å²) in [5.41, 5.74) is 8.82. The molecule has 1 aromatic rings. The second kappa shape index (κ2) is 5.16. The highest BCUT2D eigenvalue weighted by Gasteiger charge is 2.33. The second-order valence-electron chi connectivity index (χ2n) is 6.56. The molecule has 1 fully saturated rings. The molecule has 2 aliphatic rings. The molecular formula is C17H25NO. The van der Waals surface area contributed by atoms with Crippen molar-refractivity contribution in [2.75, 3.05) is 0 Å². The maximum Gasteiger partial charge on any atom is 0.124 e. The number of fused-ring (bicyclic) bond motifs is 1. The number of benzene rings is 1. The van der Waals surface area contributed by atoms with Gasteiger partial charge in [0, 0.05) is 18.0 Å². The van der Waals surface area contributed by atoms with Crippen LogP contribution in [0.25, 0.3) is 0 Å². The summed E-state index contributed by atoms with van der Waals surface area (Å²) in [6.45, 7) is 4.48. The standard InChI is InChI=1S/C17H25NO/c1-11-3-6-13(7-4-11)17-10-15(18)14-9-12(2)5-8-16(14)19-17/h5,8-9,11,13,15,17H,3-4,6-7,10,18H2,1-2H3. The highest BCUT2D eigenvalue weighted by atomic mass is 16.5. The molecular weight excluding hydrogens is 234 g/mol. The van der Waals surface area contributed by atoms with E-state index in [1.54, 1.807) is 0 Å². The van der Waals surface area contributed by atoms with Crippen LogP contribution in [0.5, 0.6) is 5.75 Å². The molecule has 1 heterocycles. The largest absolute Gasteiger partial charge is 0.490 e. The highest BCUT2D eigenvalue weighted by molar-refractivity contribution is 5.40. The van der Waals surface area contributed by atoms with Crippen LogP contribution in [0.15, 0.2) is 18.2 Å². The van der Waals surface area contributed by atoms with Gasteiger partial charge in [0.1, 0.15) is 11.9 Å². The van der Waals surface area contributed by atoms with Crippen LogP contribution in [0.4, 0.5) is 0 Å². The Morgan fingerprint density at radius 3 is 2.63 bits per heavy atom. The minimum absolute atomic E-state index is 0.146. The smallest absolute Gasteiger partial charge is 0.124 e. The van der Waals surface area contributed by atoms with E-state index in [0.717, 1.165) is 18.1 Å².